The van der Waals surface area contributed by atoms with E-state index in [4.69, 9.17) is 0 Å². The van der Waals surface area contributed by atoms with Crippen molar-refractivity contribution >= 4 is 5.97 Å². The lowest BCUT2D eigenvalue weighted by Crippen LogP contribution is -2.56. The lowest BCUT2D eigenvalue weighted by molar-refractivity contribution is -0.348. The molecule has 0 radical (unpaired) electrons. The van der Waals surface area contributed by atoms with Gasteiger partial charge in [-0.2, -0.15) is 30.7 Å². The molecule has 2 nitrogen and oxygen atoms in total. The Bertz CT molecular complexity index is 639. The van der Waals surface area contributed by atoms with Crippen molar-refractivity contribution < 1.29 is 40.3 Å². The van der Waals surface area contributed by atoms with Crippen molar-refractivity contribution in [2.24, 2.45) is 0 Å². The van der Waals surface area contributed by atoms with E-state index in [0.29, 0.717) is 6.42 Å². The van der Waals surface area contributed by atoms with Gasteiger partial charge in [-0.3, -0.25) is 0 Å². The topological polar surface area (TPSA) is 26.3 Å². The Kier molecular flexibility index (Phi) is 25.6. The van der Waals surface area contributed by atoms with E-state index in [1.165, 1.54) is 141 Å². The number of halogens is 7. The van der Waals surface area contributed by atoms with E-state index >= 15 is 0 Å². The summed E-state index contributed by atoms with van der Waals surface area (Å²) in [7, 11) is 0. The van der Waals surface area contributed by atoms with Crippen LogP contribution in [-0.4, -0.2) is 30.6 Å². The van der Waals surface area contributed by atoms with Gasteiger partial charge in [0.25, 0.3) is 0 Å². The smallest absolute Gasteiger partial charge is 0.460 e. The van der Waals surface area contributed by atoms with Gasteiger partial charge in [0.15, 0.2) is 0 Å². The Morgan fingerprint density at radius 3 is 0.884 bits per heavy atom. The highest BCUT2D eigenvalue weighted by molar-refractivity contribution is 5.79. The maximum Gasteiger partial charge on any atom is 0.460 e. The average molecular weight is 635 g/mol. The molecule has 0 aliphatic heterocycles. The number of ether oxygens (including phenoxy) is 1. The minimum Gasteiger partial charge on any atom is -0.461 e. The Morgan fingerprint density at radius 1 is 0.419 bits per heavy atom. The molecule has 43 heavy (non-hydrogen) atoms. The van der Waals surface area contributed by atoms with Crippen LogP contribution in [0.2, 0.25) is 0 Å². The van der Waals surface area contributed by atoms with Gasteiger partial charge in [0.2, 0.25) is 0 Å². The highest BCUT2D eigenvalue weighted by Gasteiger charge is 2.77. The molecular weight excluding hydrogens is 573 g/mol. The van der Waals surface area contributed by atoms with Crippen molar-refractivity contribution in [1.29, 1.82) is 0 Å². The van der Waals surface area contributed by atoms with Crippen LogP contribution in [0.25, 0.3) is 0 Å². The van der Waals surface area contributed by atoms with Crippen LogP contribution in [0, 0.1) is 0 Å². The SMILES string of the molecule is CCCCCCCCCCCCCCCCCCCCCCCCCCCCCCOC(=O)C(F)(F)C(F)(F)C(F)(F)F. The monoisotopic (exact) mass is 634 g/mol. The van der Waals surface area contributed by atoms with E-state index in [1.807, 2.05) is 0 Å². The quantitative estimate of drug-likeness (QED) is 0.0431. The largest absolute Gasteiger partial charge is 0.461 e. The minimum absolute atomic E-state index is 0.138. The van der Waals surface area contributed by atoms with E-state index in [2.05, 4.69) is 11.7 Å². The standard InChI is InChI=1S/C34H61F7O2/c1-2-3-4-5-6-7-8-9-10-11-12-13-14-15-16-17-18-19-20-21-22-23-24-25-26-27-28-29-30-43-31(42)32(35,36)33(37,38)34(39,40)41/h2-30H2,1H3. The zero-order valence-corrected chi connectivity index (χ0v) is 27.0. The summed E-state index contributed by atoms with van der Waals surface area (Å²) >= 11 is 0. The maximum absolute atomic E-state index is 13.2. The number of carbonyl (C=O) groups is 1. The number of esters is 1. The van der Waals surface area contributed by atoms with Crippen molar-refractivity contribution in [2.75, 3.05) is 6.61 Å². The van der Waals surface area contributed by atoms with Crippen LogP contribution in [0.5, 0.6) is 0 Å². The molecule has 0 aliphatic rings. The fraction of sp³-hybridized carbons (Fsp3) is 0.971. The zero-order valence-electron chi connectivity index (χ0n) is 27.0. The Labute approximate surface area is 257 Å². The van der Waals surface area contributed by atoms with Crippen LogP contribution in [-0.2, 0) is 9.53 Å². The Hall–Kier alpha value is -1.02. The van der Waals surface area contributed by atoms with Crippen molar-refractivity contribution in [1.82, 2.24) is 0 Å². The van der Waals surface area contributed by atoms with Crippen LogP contribution in [0.1, 0.15) is 187 Å². The summed E-state index contributed by atoms with van der Waals surface area (Å²) in [6, 6.07) is 0. The minimum atomic E-state index is -6.54. The first-order valence-corrected chi connectivity index (χ1v) is 17.5. The van der Waals surface area contributed by atoms with Gasteiger partial charge in [0.05, 0.1) is 6.61 Å². The molecular formula is C34H61F7O2. The van der Waals surface area contributed by atoms with Gasteiger partial charge in [-0.1, -0.05) is 180 Å². The summed E-state index contributed by atoms with van der Waals surface area (Å²) in [6.07, 6.45) is 27.8. The first-order chi connectivity index (χ1) is 20.5. The van der Waals surface area contributed by atoms with Gasteiger partial charge < -0.3 is 4.74 Å². The molecule has 258 valence electrons. The Balaban J connectivity index is 3.33. The van der Waals surface area contributed by atoms with Gasteiger partial charge in [-0.25, -0.2) is 4.79 Å². The summed E-state index contributed by atoms with van der Waals surface area (Å²) in [5, 5.41) is 0. The first kappa shape index (κ1) is 42.0. The molecule has 0 atom stereocenters. The van der Waals surface area contributed by atoms with Crippen molar-refractivity contribution in [3.63, 3.8) is 0 Å². The van der Waals surface area contributed by atoms with Crippen LogP contribution >= 0.6 is 0 Å². The second-order valence-corrected chi connectivity index (χ2v) is 12.3. The van der Waals surface area contributed by atoms with Crippen LogP contribution in [0.3, 0.4) is 0 Å². The summed E-state index contributed by atoms with van der Waals surface area (Å²) < 4.78 is 92.1. The second-order valence-electron chi connectivity index (χ2n) is 12.3. The molecule has 0 spiro atoms. The van der Waals surface area contributed by atoms with Crippen molar-refractivity contribution in [3.8, 4) is 0 Å². The summed E-state index contributed by atoms with van der Waals surface area (Å²) in [5.74, 6) is -15.3. The molecule has 0 aromatic heterocycles. The number of unbranched alkanes of at least 4 members (excludes halogenated alkanes) is 27. The molecule has 0 N–H and O–H groups in total. The molecule has 0 aromatic carbocycles. The normalized spacial score (nSPS) is 12.7. The van der Waals surface area contributed by atoms with Gasteiger partial charge in [-0.15, -0.1) is 0 Å². The molecule has 0 aromatic rings. The third-order valence-corrected chi connectivity index (χ3v) is 8.24. The third-order valence-electron chi connectivity index (χ3n) is 8.24. The highest BCUT2D eigenvalue weighted by atomic mass is 19.4. The maximum atomic E-state index is 13.2. The van der Waals surface area contributed by atoms with E-state index in [-0.39, 0.29) is 6.42 Å². The van der Waals surface area contributed by atoms with E-state index in [0.717, 1.165) is 25.7 Å². The average Bonchev–Trinajstić information content (AvgIpc) is 2.95. The summed E-state index contributed by atoms with van der Waals surface area (Å²) in [4.78, 5) is 11.1. The number of hydrogen-bond acceptors (Lipinski definition) is 2. The molecule has 0 unspecified atom stereocenters. The molecule has 0 aliphatic carbocycles. The van der Waals surface area contributed by atoms with Crippen LogP contribution < -0.4 is 0 Å². The second kappa shape index (κ2) is 26.2. The first-order valence-electron chi connectivity index (χ1n) is 17.5. The Morgan fingerprint density at radius 2 is 0.651 bits per heavy atom. The molecule has 9 heteroatoms. The van der Waals surface area contributed by atoms with E-state index < -0.39 is 30.6 Å². The van der Waals surface area contributed by atoms with Crippen LogP contribution in [0.15, 0.2) is 0 Å². The number of carbonyl (C=O) groups excluding carboxylic acids is 1. The van der Waals surface area contributed by atoms with Gasteiger partial charge in [-0.05, 0) is 6.42 Å². The van der Waals surface area contributed by atoms with Gasteiger partial charge >= 0.3 is 24.0 Å². The number of hydrogen-bond donors (Lipinski definition) is 0. The zero-order chi connectivity index (χ0) is 32.3. The number of alkyl halides is 7. The molecule has 0 fully saturated rings. The van der Waals surface area contributed by atoms with E-state index in [9.17, 15) is 35.5 Å². The molecule has 0 rings (SSSR count). The van der Waals surface area contributed by atoms with Crippen LogP contribution in [0.4, 0.5) is 30.7 Å². The predicted molar refractivity (Wildman–Crippen MR) is 162 cm³/mol. The molecule has 0 heterocycles. The lowest BCUT2D eigenvalue weighted by atomic mass is 10.0. The lowest BCUT2D eigenvalue weighted by Gasteiger charge is -2.26. The third kappa shape index (κ3) is 21.4. The fourth-order valence-electron chi connectivity index (χ4n) is 5.33. The molecule has 0 saturated heterocycles. The number of rotatable bonds is 31. The highest BCUT2D eigenvalue weighted by Crippen LogP contribution is 2.47. The molecule has 0 bridgehead atoms. The van der Waals surface area contributed by atoms with Crippen molar-refractivity contribution in [3.05, 3.63) is 0 Å². The fourth-order valence-corrected chi connectivity index (χ4v) is 5.33. The van der Waals surface area contributed by atoms with Gasteiger partial charge in [0.1, 0.15) is 0 Å². The molecule has 0 saturated carbocycles. The van der Waals surface area contributed by atoms with Gasteiger partial charge in [0, 0.05) is 0 Å². The molecule has 0 amide bonds. The summed E-state index contributed by atoms with van der Waals surface area (Å²) in [5.41, 5.74) is 0. The summed E-state index contributed by atoms with van der Waals surface area (Å²) in [6.45, 7) is 1.66. The van der Waals surface area contributed by atoms with Crippen molar-refractivity contribution in [2.45, 2.75) is 205 Å². The predicted octanol–water partition coefficient (Wildman–Crippen LogP) is 13.3. The van der Waals surface area contributed by atoms with E-state index in [1.54, 1.807) is 0 Å².